The summed E-state index contributed by atoms with van der Waals surface area (Å²) in [7, 11) is 0. The first kappa shape index (κ1) is 21.4. The summed E-state index contributed by atoms with van der Waals surface area (Å²) in [6.45, 7) is 16.6. The van der Waals surface area contributed by atoms with Crippen molar-refractivity contribution >= 4 is 0 Å². The van der Waals surface area contributed by atoms with Crippen LogP contribution in [0.2, 0.25) is 0 Å². The van der Waals surface area contributed by atoms with Crippen molar-refractivity contribution in [3.8, 4) is 16.9 Å². The van der Waals surface area contributed by atoms with Crippen LogP contribution in [0.4, 0.5) is 0 Å². The Hall–Kier alpha value is -1.84. The van der Waals surface area contributed by atoms with E-state index in [0.717, 1.165) is 45.0 Å². The molecule has 2 saturated heterocycles. The predicted molar refractivity (Wildman–Crippen MR) is 122 cm³/mol. The number of benzene rings is 2. The molecule has 0 aromatic heterocycles. The minimum atomic E-state index is 0.0819. The Labute approximate surface area is 181 Å². The predicted octanol–water partition coefficient (Wildman–Crippen LogP) is 6.19. The van der Waals surface area contributed by atoms with Gasteiger partial charge in [0.1, 0.15) is 11.9 Å². The zero-order valence-corrected chi connectivity index (χ0v) is 19.4. The fourth-order valence-electron chi connectivity index (χ4n) is 5.32. The maximum atomic E-state index is 7.06. The molecule has 2 aromatic rings. The van der Waals surface area contributed by atoms with Gasteiger partial charge in [-0.15, -0.1) is 0 Å². The van der Waals surface area contributed by atoms with Crippen LogP contribution >= 0.6 is 0 Å². The fourth-order valence-corrected chi connectivity index (χ4v) is 5.32. The second kappa shape index (κ2) is 8.01. The fraction of sp³-hybridized carbons (Fsp3) is 0.556. The van der Waals surface area contributed by atoms with Gasteiger partial charge in [0, 0.05) is 0 Å². The molecule has 30 heavy (non-hydrogen) atoms. The highest BCUT2D eigenvalue weighted by molar-refractivity contribution is 5.75. The lowest BCUT2D eigenvalue weighted by Gasteiger charge is -2.56. The number of hydrogen-bond acceptors (Lipinski definition) is 3. The van der Waals surface area contributed by atoms with Crippen LogP contribution in [0.5, 0.6) is 5.75 Å². The molecular formula is C27H36O3. The lowest BCUT2D eigenvalue weighted by atomic mass is 9.63. The van der Waals surface area contributed by atoms with Crippen molar-refractivity contribution in [3.63, 3.8) is 0 Å². The summed E-state index contributed by atoms with van der Waals surface area (Å²) in [5.74, 6) is 1.06. The molecule has 0 saturated carbocycles. The Morgan fingerprint density at radius 3 is 1.60 bits per heavy atom. The highest BCUT2D eigenvalue weighted by Crippen LogP contribution is 2.51. The SMILES string of the molecule is CCC1(C(Oc2c(C)c(C)c(-c3ccccc3)c(C)c2C)C2(CC)COC2)COC1. The van der Waals surface area contributed by atoms with Gasteiger partial charge >= 0.3 is 0 Å². The van der Waals surface area contributed by atoms with Gasteiger partial charge in [0.05, 0.1) is 37.3 Å². The third kappa shape index (κ3) is 3.18. The van der Waals surface area contributed by atoms with Crippen molar-refractivity contribution in [2.24, 2.45) is 10.8 Å². The van der Waals surface area contributed by atoms with Crippen molar-refractivity contribution in [3.05, 3.63) is 52.6 Å². The largest absolute Gasteiger partial charge is 0.488 e. The highest BCUT2D eigenvalue weighted by Gasteiger charge is 2.58. The molecule has 2 aliphatic rings. The molecule has 0 unspecified atom stereocenters. The number of rotatable bonds is 7. The molecule has 0 radical (unpaired) electrons. The summed E-state index contributed by atoms with van der Waals surface area (Å²) in [5, 5.41) is 0. The minimum Gasteiger partial charge on any atom is -0.488 e. The van der Waals surface area contributed by atoms with Crippen LogP contribution in [-0.2, 0) is 9.47 Å². The standard InChI is InChI=1S/C27H36O3/c1-7-26(14-28-15-26)25(27(8-2)16-29-17-27)30-24-20(5)18(3)23(19(4)21(24)6)22-12-10-9-11-13-22/h9-13,25H,7-8,14-17H2,1-6H3. The third-order valence-corrected chi connectivity index (χ3v) is 7.93. The van der Waals surface area contributed by atoms with E-state index >= 15 is 0 Å². The van der Waals surface area contributed by atoms with Crippen molar-refractivity contribution < 1.29 is 14.2 Å². The normalized spacial score (nSPS) is 19.3. The molecule has 2 heterocycles. The maximum Gasteiger partial charge on any atom is 0.126 e. The highest BCUT2D eigenvalue weighted by atomic mass is 16.5. The Balaban J connectivity index is 1.80. The van der Waals surface area contributed by atoms with Gasteiger partial charge in [-0.3, -0.25) is 0 Å². The zero-order chi connectivity index (χ0) is 21.5. The topological polar surface area (TPSA) is 27.7 Å². The zero-order valence-electron chi connectivity index (χ0n) is 19.4. The van der Waals surface area contributed by atoms with Gasteiger partial charge in [-0.1, -0.05) is 44.2 Å². The van der Waals surface area contributed by atoms with Gasteiger partial charge in [0.2, 0.25) is 0 Å². The molecule has 3 nitrogen and oxygen atoms in total. The third-order valence-electron chi connectivity index (χ3n) is 7.93. The summed E-state index contributed by atoms with van der Waals surface area (Å²) in [6.07, 6.45) is 2.25. The smallest absolute Gasteiger partial charge is 0.126 e. The summed E-state index contributed by atoms with van der Waals surface area (Å²) in [6, 6.07) is 10.7. The monoisotopic (exact) mass is 408 g/mol. The van der Waals surface area contributed by atoms with Crippen LogP contribution < -0.4 is 4.74 Å². The van der Waals surface area contributed by atoms with Crippen LogP contribution in [0.1, 0.15) is 48.9 Å². The van der Waals surface area contributed by atoms with Crippen LogP contribution in [0.3, 0.4) is 0 Å². The Morgan fingerprint density at radius 2 is 1.23 bits per heavy atom. The Kier molecular flexibility index (Phi) is 5.71. The summed E-state index contributed by atoms with van der Waals surface area (Å²) in [5.41, 5.74) is 7.89. The molecule has 3 heteroatoms. The van der Waals surface area contributed by atoms with E-state index in [1.54, 1.807) is 0 Å². The van der Waals surface area contributed by atoms with Gasteiger partial charge in [0.15, 0.2) is 0 Å². The molecule has 4 rings (SSSR count). The Morgan fingerprint density at radius 1 is 0.767 bits per heavy atom. The summed E-state index contributed by atoms with van der Waals surface area (Å²) < 4.78 is 18.5. The van der Waals surface area contributed by atoms with Crippen molar-refractivity contribution in [2.45, 2.75) is 60.5 Å². The average molecular weight is 409 g/mol. The Bertz CT molecular complexity index is 845. The quantitative estimate of drug-likeness (QED) is 0.547. The molecule has 162 valence electrons. The molecule has 0 bridgehead atoms. The number of hydrogen-bond donors (Lipinski definition) is 0. The van der Waals surface area contributed by atoms with Gasteiger partial charge < -0.3 is 14.2 Å². The first-order valence-electron chi connectivity index (χ1n) is 11.4. The van der Waals surface area contributed by atoms with Gasteiger partial charge in [0.25, 0.3) is 0 Å². The van der Waals surface area contributed by atoms with E-state index in [1.165, 1.54) is 33.4 Å². The van der Waals surface area contributed by atoms with Crippen molar-refractivity contribution in [1.29, 1.82) is 0 Å². The lowest BCUT2D eigenvalue weighted by Crippen LogP contribution is -2.65. The molecule has 0 N–H and O–H groups in total. The van der Waals surface area contributed by atoms with E-state index in [9.17, 15) is 0 Å². The van der Waals surface area contributed by atoms with Crippen LogP contribution in [0.25, 0.3) is 11.1 Å². The second-order valence-electron chi connectivity index (χ2n) is 9.49. The average Bonchev–Trinajstić information content (AvgIpc) is 2.69. The van der Waals surface area contributed by atoms with Gasteiger partial charge in [-0.05, 0) is 73.9 Å². The second-order valence-corrected chi connectivity index (χ2v) is 9.49. The summed E-state index contributed by atoms with van der Waals surface area (Å²) >= 11 is 0. The molecule has 2 aromatic carbocycles. The lowest BCUT2D eigenvalue weighted by molar-refractivity contribution is -0.251. The first-order valence-corrected chi connectivity index (χ1v) is 11.4. The molecule has 0 aliphatic carbocycles. The van der Waals surface area contributed by atoms with E-state index in [2.05, 4.69) is 71.9 Å². The van der Waals surface area contributed by atoms with E-state index in [0.29, 0.717) is 0 Å². The molecular weight excluding hydrogens is 372 g/mol. The van der Waals surface area contributed by atoms with Gasteiger partial charge in [-0.2, -0.15) is 0 Å². The maximum absolute atomic E-state index is 7.06. The molecule has 2 fully saturated rings. The van der Waals surface area contributed by atoms with E-state index in [4.69, 9.17) is 14.2 Å². The van der Waals surface area contributed by atoms with E-state index in [-0.39, 0.29) is 16.9 Å². The van der Waals surface area contributed by atoms with Crippen LogP contribution in [0.15, 0.2) is 30.3 Å². The first-order chi connectivity index (χ1) is 14.4. The minimum absolute atomic E-state index is 0.0819. The summed E-state index contributed by atoms with van der Waals surface area (Å²) in [4.78, 5) is 0. The molecule has 0 amide bonds. The van der Waals surface area contributed by atoms with E-state index in [1.807, 2.05) is 0 Å². The van der Waals surface area contributed by atoms with Gasteiger partial charge in [-0.25, -0.2) is 0 Å². The van der Waals surface area contributed by atoms with E-state index < -0.39 is 0 Å². The molecule has 0 atom stereocenters. The van der Waals surface area contributed by atoms with Crippen molar-refractivity contribution in [1.82, 2.24) is 0 Å². The number of ether oxygens (including phenoxy) is 3. The molecule has 0 spiro atoms. The van der Waals surface area contributed by atoms with Crippen LogP contribution in [0, 0.1) is 38.5 Å². The molecule has 2 aliphatic heterocycles. The van der Waals surface area contributed by atoms with Crippen molar-refractivity contribution in [2.75, 3.05) is 26.4 Å². The van der Waals surface area contributed by atoms with Crippen LogP contribution in [-0.4, -0.2) is 32.5 Å².